The Morgan fingerprint density at radius 1 is 1.33 bits per heavy atom. The predicted octanol–water partition coefficient (Wildman–Crippen LogP) is 5.08. The Bertz CT molecular complexity index is 570. The molecule has 94 valence electrons. The largest absolute Gasteiger partial charge is 0.484 e. The van der Waals surface area contributed by atoms with Gasteiger partial charge in [-0.15, -0.1) is 11.3 Å². The predicted molar refractivity (Wildman–Crippen MR) is 78.3 cm³/mol. The van der Waals surface area contributed by atoms with Crippen molar-refractivity contribution >= 4 is 56.3 Å². The fourth-order valence-corrected chi connectivity index (χ4v) is 2.76. The lowest BCUT2D eigenvalue weighted by atomic mass is 10.3. The molecular formula is C12H7BrCl2O2S. The van der Waals surface area contributed by atoms with E-state index in [9.17, 15) is 4.79 Å². The highest BCUT2D eigenvalue weighted by Gasteiger charge is 2.11. The minimum Gasteiger partial charge on any atom is -0.484 e. The van der Waals surface area contributed by atoms with Crippen LogP contribution >= 0.6 is 50.5 Å². The van der Waals surface area contributed by atoms with Crippen LogP contribution in [0.2, 0.25) is 10.0 Å². The van der Waals surface area contributed by atoms with E-state index in [1.54, 1.807) is 18.2 Å². The maximum atomic E-state index is 11.7. The second-order valence-electron chi connectivity index (χ2n) is 3.39. The molecule has 0 radical (unpaired) electrons. The summed E-state index contributed by atoms with van der Waals surface area (Å²) in [5, 5.41) is 2.74. The van der Waals surface area contributed by atoms with Gasteiger partial charge in [-0.2, -0.15) is 0 Å². The van der Waals surface area contributed by atoms with Gasteiger partial charge in [0.1, 0.15) is 5.75 Å². The lowest BCUT2D eigenvalue weighted by Crippen LogP contribution is -2.10. The number of hydrogen-bond acceptors (Lipinski definition) is 3. The van der Waals surface area contributed by atoms with Crippen molar-refractivity contribution in [2.45, 2.75) is 0 Å². The van der Waals surface area contributed by atoms with Crippen LogP contribution in [0.15, 0.2) is 34.1 Å². The standard InChI is InChI=1S/C12H7BrCl2O2S/c13-7-4-9(15)11(5-8(7)14)17-6-10(16)12-2-1-3-18-12/h1-5H,6H2. The molecular weight excluding hydrogens is 359 g/mol. The third kappa shape index (κ3) is 3.26. The van der Waals surface area contributed by atoms with E-state index in [4.69, 9.17) is 27.9 Å². The molecule has 2 rings (SSSR count). The molecule has 0 amide bonds. The third-order valence-corrected chi connectivity index (χ3v) is 4.53. The van der Waals surface area contributed by atoms with Gasteiger partial charge in [0.05, 0.1) is 14.9 Å². The van der Waals surface area contributed by atoms with Gasteiger partial charge in [0, 0.05) is 10.5 Å². The van der Waals surface area contributed by atoms with Crippen molar-refractivity contribution in [2.75, 3.05) is 6.61 Å². The number of carbonyl (C=O) groups excluding carboxylic acids is 1. The van der Waals surface area contributed by atoms with E-state index < -0.39 is 0 Å². The molecule has 1 aromatic carbocycles. The summed E-state index contributed by atoms with van der Waals surface area (Å²) < 4.78 is 6.06. The Labute approximate surface area is 127 Å². The Kier molecular flexibility index (Phi) is 4.67. The summed E-state index contributed by atoms with van der Waals surface area (Å²) in [5.74, 6) is 0.315. The highest BCUT2D eigenvalue weighted by molar-refractivity contribution is 9.10. The lowest BCUT2D eigenvalue weighted by molar-refractivity contribution is 0.0925. The second kappa shape index (κ2) is 6.06. The Hall–Kier alpha value is -0.550. The molecule has 0 bridgehead atoms. The Balaban J connectivity index is 2.07. The summed E-state index contributed by atoms with van der Waals surface area (Å²) in [7, 11) is 0. The smallest absolute Gasteiger partial charge is 0.210 e. The van der Waals surface area contributed by atoms with Crippen LogP contribution in [0.4, 0.5) is 0 Å². The highest BCUT2D eigenvalue weighted by atomic mass is 79.9. The van der Waals surface area contributed by atoms with Crippen LogP contribution in [0.3, 0.4) is 0 Å². The minimum atomic E-state index is -0.0832. The van der Waals surface area contributed by atoms with Crippen molar-refractivity contribution < 1.29 is 9.53 Å². The van der Waals surface area contributed by atoms with Crippen molar-refractivity contribution in [2.24, 2.45) is 0 Å². The van der Waals surface area contributed by atoms with Gasteiger partial charge in [0.25, 0.3) is 0 Å². The number of thiophene rings is 1. The summed E-state index contributed by atoms with van der Waals surface area (Å²) >= 11 is 16.6. The average Bonchev–Trinajstić information content (AvgIpc) is 2.85. The minimum absolute atomic E-state index is 0.0573. The van der Waals surface area contributed by atoms with Gasteiger partial charge >= 0.3 is 0 Å². The molecule has 0 atom stereocenters. The number of Topliss-reactive ketones (excluding diaryl/α,β-unsaturated/α-hetero) is 1. The first-order valence-corrected chi connectivity index (χ1v) is 7.35. The van der Waals surface area contributed by atoms with Crippen molar-refractivity contribution in [1.82, 2.24) is 0 Å². The van der Waals surface area contributed by atoms with E-state index in [0.717, 1.165) is 0 Å². The molecule has 2 aromatic rings. The van der Waals surface area contributed by atoms with Crippen LogP contribution in [0, 0.1) is 0 Å². The van der Waals surface area contributed by atoms with Crippen molar-refractivity contribution in [3.05, 3.63) is 49.0 Å². The van der Waals surface area contributed by atoms with Crippen LogP contribution in [-0.4, -0.2) is 12.4 Å². The fraction of sp³-hybridized carbons (Fsp3) is 0.0833. The zero-order valence-electron chi connectivity index (χ0n) is 8.95. The topological polar surface area (TPSA) is 26.3 Å². The summed E-state index contributed by atoms with van der Waals surface area (Å²) in [6.07, 6.45) is 0. The molecule has 2 nitrogen and oxygen atoms in total. The molecule has 1 heterocycles. The zero-order chi connectivity index (χ0) is 13.1. The summed E-state index contributed by atoms with van der Waals surface area (Å²) in [6.45, 7) is -0.0573. The summed E-state index contributed by atoms with van der Waals surface area (Å²) in [6, 6.07) is 6.79. The normalized spacial score (nSPS) is 10.4. The molecule has 0 spiro atoms. The maximum Gasteiger partial charge on any atom is 0.210 e. The lowest BCUT2D eigenvalue weighted by Gasteiger charge is -2.08. The Morgan fingerprint density at radius 2 is 2.11 bits per heavy atom. The van der Waals surface area contributed by atoms with Gasteiger partial charge in [-0.1, -0.05) is 29.3 Å². The van der Waals surface area contributed by atoms with E-state index in [2.05, 4.69) is 15.9 Å². The van der Waals surface area contributed by atoms with Crippen LogP contribution in [0.1, 0.15) is 9.67 Å². The van der Waals surface area contributed by atoms with Crippen LogP contribution < -0.4 is 4.74 Å². The Morgan fingerprint density at radius 3 is 2.78 bits per heavy atom. The summed E-state index contributed by atoms with van der Waals surface area (Å²) in [4.78, 5) is 12.4. The molecule has 1 aromatic heterocycles. The number of benzene rings is 1. The molecule has 0 aliphatic heterocycles. The van der Waals surface area contributed by atoms with Crippen molar-refractivity contribution in [3.8, 4) is 5.75 Å². The molecule has 0 fully saturated rings. The summed E-state index contributed by atoms with van der Waals surface area (Å²) in [5.41, 5.74) is 0. The van der Waals surface area contributed by atoms with Gasteiger partial charge in [-0.05, 0) is 33.4 Å². The molecule has 0 unspecified atom stereocenters. The number of halogens is 3. The highest BCUT2D eigenvalue weighted by Crippen LogP contribution is 2.34. The first-order valence-electron chi connectivity index (χ1n) is 4.92. The molecule has 0 saturated heterocycles. The zero-order valence-corrected chi connectivity index (χ0v) is 12.9. The van der Waals surface area contributed by atoms with E-state index in [1.165, 1.54) is 11.3 Å². The quantitative estimate of drug-likeness (QED) is 0.557. The van der Waals surface area contributed by atoms with E-state index in [-0.39, 0.29) is 12.4 Å². The number of ketones is 1. The first kappa shape index (κ1) is 13.9. The molecule has 18 heavy (non-hydrogen) atoms. The van der Waals surface area contributed by atoms with E-state index in [1.807, 2.05) is 11.4 Å². The number of hydrogen-bond donors (Lipinski definition) is 0. The molecule has 0 saturated carbocycles. The van der Waals surface area contributed by atoms with Crippen molar-refractivity contribution in [3.63, 3.8) is 0 Å². The van der Waals surface area contributed by atoms with Crippen LogP contribution in [0.25, 0.3) is 0 Å². The van der Waals surface area contributed by atoms with Crippen molar-refractivity contribution in [1.29, 1.82) is 0 Å². The average molecular weight is 366 g/mol. The van der Waals surface area contributed by atoms with E-state index >= 15 is 0 Å². The van der Waals surface area contributed by atoms with E-state index in [0.29, 0.717) is 25.1 Å². The van der Waals surface area contributed by atoms with Gasteiger partial charge in [0.2, 0.25) is 5.78 Å². The number of ether oxygens (including phenoxy) is 1. The van der Waals surface area contributed by atoms with Gasteiger partial charge in [-0.3, -0.25) is 4.79 Å². The second-order valence-corrected chi connectivity index (χ2v) is 6.00. The third-order valence-electron chi connectivity index (χ3n) is 2.13. The number of carbonyl (C=O) groups is 1. The maximum absolute atomic E-state index is 11.7. The SMILES string of the molecule is O=C(COc1cc(Cl)c(Br)cc1Cl)c1cccs1. The number of rotatable bonds is 4. The fourth-order valence-electron chi connectivity index (χ4n) is 1.27. The van der Waals surface area contributed by atoms with Crippen LogP contribution in [-0.2, 0) is 0 Å². The first-order chi connectivity index (χ1) is 8.58. The molecule has 0 aliphatic carbocycles. The van der Waals surface area contributed by atoms with Gasteiger partial charge in [0.15, 0.2) is 6.61 Å². The molecule has 0 N–H and O–H groups in total. The van der Waals surface area contributed by atoms with Gasteiger partial charge in [-0.25, -0.2) is 0 Å². The monoisotopic (exact) mass is 364 g/mol. The van der Waals surface area contributed by atoms with Crippen LogP contribution in [0.5, 0.6) is 5.75 Å². The van der Waals surface area contributed by atoms with Gasteiger partial charge < -0.3 is 4.74 Å². The molecule has 0 aliphatic rings. The molecule has 6 heteroatoms.